The van der Waals surface area contributed by atoms with Gasteiger partial charge < -0.3 is 0 Å². The molecule has 0 heterocycles. The van der Waals surface area contributed by atoms with Crippen molar-refractivity contribution in [2.75, 3.05) is 0 Å². The molecule has 0 bridgehead atoms. The van der Waals surface area contributed by atoms with E-state index in [1.54, 1.807) is 6.54 Å². The molecule has 3 heteroatoms. The number of halogens is 2. The van der Waals surface area contributed by atoms with Crippen LogP contribution in [0.15, 0.2) is 48.5 Å². The average molecular weight is 527 g/mol. The molecule has 0 unspecified atom stereocenters. The Hall–Kier alpha value is 0.783. The summed E-state index contributed by atoms with van der Waals surface area (Å²) >= 11 is 3.08. The molecule has 0 aliphatic heterocycles. The summed E-state index contributed by atoms with van der Waals surface area (Å²) in [5.74, 6) is 0. The summed E-state index contributed by atoms with van der Waals surface area (Å²) < 4.78 is 3.19. The zero-order chi connectivity index (χ0) is 12.5. The second kappa shape index (κ2) is 5.83. The maximum absolute atomic E-state index is 2.76. The molecule has 0 saturated carbocycles. The van der Waals surface area contributed by atoms with Crippen molar-refractivity contribution in [3.8, 4) is 0 Å². The summed E-state index contributed by atoms with van der Waals surface area (Å²) in [6, 6.07) is 17.7. The van der Waals surface area contributed by atoms with Gasteiger partial charge in [-0.05, 0) is 0 Å². The van der Waals surface area contributed by atoms with Crippen molar-refractivity contribution < 1.29 is 11.9 Å². The Balaban J connectivity index is 2.58. The molecule has 0 nitrogen and oxygen atoms in total. The zero-order valence-corrected chi connectivity index (χ0v) is 16.6. The number of rotatable bonds is 2. The monoisotopic (exact) mass is 526 g/mol. The van der Waals surface area contributed by atoms with E-state index < -0.39 is 11.9 Å². The number of hydrogen-bond acceptors (Lipinski definition) is 0. The Morgan fingerprint density at radius 1 is 0.706 bits per heavy atom. The summed E-state index contributed by atoms with van der Waals surface area (Å²) in [4.78, 5) is 0. The molecule has 0 atom stereocenters. The Morgan fingerprint density at radius 3 is 1.41 bits per heavy atom. The van der Waals surface area contributed by atoms with Gasteiger partial charge in [0.15, 0.2) is 0 Å². The van der Waals surface area contributed by atoms with Gasteiger partial charge in [-0.2, -0.15) is 0 Å². The maximum atomic E-state index is 2.76. The van der Waals surface area contributed by atoms with Gasteiger partial charge in [0.1, 0.15) is 0 Å². The Labute approximate surface area is 126 Å². The number of hydrogen-bond donors (Lipinski definition) is 0. The fourth-order valence-electron chi connectivity index (χ4n) is 2.00. The fourth-order valence-corrected chi connectivity index (χ4v) is 21.4. The van der Waals surface area contributed by atoms with Crippen molar-refractivity contribution in [2.24, 2.45) is 0 Å². The van der Waals surface area contributed by atoms with E-state index in [9.17, 15) is 0 Å². The third-order valence-electron chi connectivity index (χ3n) is 2.97. The van der Waals surface area contributed by atoms with Gasteiger partial charge in [0, 0.05) is 0 Å². The molecule has 88 valence electrons. The van der Waals surface area contributed by atoms with Crippen LogP contribution in [0.2, 0.25) is 0 Å². The van der Waals surface area contributed by atoms with Crippen LogP contribution in [-0.4, -0.2) is 0 Å². The van der Waals surface area contributed by atoms with Crippen LogP contribution in [0.3, 0.4) is 0 Å². The van der Waals surface area contributed by atoms with Crippen LogP contribution in [0.4, 0.5) is 0 Å². The molecule has 0 saturated heterocycles. The molecule has 0 aromatic heterocycles. The van der Waals surface area contributed by atoms with Gasteiger partial charge in [-0.25, -0.2) is 0 Å². The Morgan fingerprint density at radius 2 is 1.06 bits per heavy atom. The SMILES string of the molecule is Cc1cccc[c]1[Zr]([I])([I])[c]1ccccc1C. The van der Waals surface area contributed by atoms with Crippen LogP contribution in [0.1, 0.15) is 11.1 Å². The molecule has 2 aromatic rings. The van der Waals surface area contributed by atoms with E-state index in [-0.39, 0.29) is 0 Å². The molecule has 0 aliphatic carbocycles. The molecule has 0 N–H and O–H groups in total. The van der Waals surface area contributed by atoms with Gasteiger partial charge in [-0.3, -0.25) is 0 Å². The first-order chi connectivity index (χ1) is 8.03. The van der Waals surface area contributed by atoms with Crippen LogP contribution in [0.25, 0.3) is 0 Å². The average Bonchev–Trinajstić information content (AvgIpc) is 2.29. The van der Waals surface area contributed by atoms with Gasteiger partial charge in [-0.15, -0.1) is 0 Å². The van der Waals surface area contributed by atoms with Gasteiger partial charge >= 0.3 is 128 Å². The standard InChI is InChI=1S/2C7H7.2HI.Zr/c2*1-7-5-3-2-4-6-7;;;/h2*2-5H,1H3;2*1H;/q;;;;+2/p-2. The summed E-state index contributed by atoms with van der Waals surface area (Å²) in [6.45, 7) is 4.47. The summed E-state index contributed by atoms with van der Waals surface area (Å²) in [5, 5.41) is 0. The first kappa shape index (κ1) is 14.2. The Kier molecular flexibility index (Phi) is 4.87. The molecule has 0 aliphatic rings. The third kappa shape index (κ3) is 3.03. The normalized spacial score (nSPS) is 11.5. The van der Waals surface area contributed by atoms with Crippen molar-refractivity contribution >= 4 is 42.6 Å². The van der Waals surface area contributed by atoms with Crippen molar-refractivity contribution in [3.63, 3.8) is 0 Å². The van der Waals surface area contributed by atoms with Crippen LogP contribution in [-0.2, 0) is 11.9 Å². The summed E-state index contributed by atoms with van der Waals surface area (Å²) in [5.41, 5.74) is 2.88. The van der Waals surface area contributed by atoms with Crippen molar-refractivity contribution in [1.82, 2.24) is 0 Å². The van der Waals surface area contributed by atoms with Gasteiger partial charge in [0.05, 0.1) is 0 Å². The van der Waals surface area contributed by atoms with Crippen LogP contribution >= 0.6 is 36.1 Å². The fraction of sp³-hybridized carbons (Fsp3) is 0.143. The van der Waals surface area contributed by atoms with Gasteiger partial charge in [0.2, 0.25) is 0 Å². The van der Waals surface area contributed by atoms with Crippen molar-refractivity contribution in [2.45, 2.75) is 13.8 Å². The second-order valence-electron chi connectivity index (χ2n) is 4.20. The minimum absolute atomic E-state index is 1.44. The molecule has 2 rings (SSSR count). The quantitative estimate of drug-likeness (QED) is 0.517. The van der Waals surface area contributed by atoms with Gasteiger partial charge in [-0.1, -0.05) is 0 Å². The van der Waals surface area contributed by atoms with Gasteiger partial charge in [0.25, 0.3) is 0 Å². The molecular weight excluding hydrogens is 513 g/mol. The minimum atomic E-state index is -2.43. The molecule has 0 fully saturated rings. The molecular formula is C14H14I2Zr. The first-order valence-electron chi connectivity index (χ1n) is 5.53. The molecule has 0 radical (unpaired) electrons. The predicted octanol–water partition coefficient (Wildman–Crippen LogP) is 4.11. The van der Waals surface area contributed by atoms with E-state index in [0.29, 0.717) is 0 Å². The summed E-state index contributed by atoms with van der Waals surface area (Å²) in [7, 11) is 0. The van der Waals surface area contributed by atoms with Crippen LogP contribution < -0.4 is 6.54 Å². The predicted molar refractivity (Wildman–Crippen MR) is 89.7 cm³/mol. The van der Waals surface area contributed by atoms with E-state index in [1.165, 1.54) is 11.1 Å². The molecule has 0 amide bonds. The molecule has 0 spiro atoms. The van der Waals surface area contributed by atoms with E-state index in [2.05, 4.69) is 98.5 Å². The third-order valence-corrected chi connectivity index (χ3v) is 22.8. The zero-order valence-electron chi connectivity index (χ0n) is 9.87. The number of aryl methyl sites for hydroxylation is 2. The van der Waals surface area contributed by atoms with E-state index >= 15 is 0 Å². The van der Waals surface area contributed by atoms with E-state index in [0.717, 1.165) is 0 Å². The van der Waals surface area contributed by atoms with E-state index in [4.69, 9.17) is 0 Å². The molecule has 17 heavy (non-hydrogen) atoms. The Bertz CT molecular complexity index is 488. The van der Waals surface area contributed by atoms with Crippen molar-refractivity contribution in [1.29, 1.82) is 0 Å². The van der Waals surface area contributed by atoms with Crippen molar-refractivity contribution in [3.05, 3.63) is 59.7 Å². The second-order valence-corrected chi connectivity index (χ2v) is 41.0. The molecule has 2 aromatic carbocycles. The van der Waals surface area contributed by atoms with Crippen LogP contribution in [0.5, 0.6) is 0 Å². The summed E-state index contributed by atoms with van der Waals surface area (Å²) in [6.07, 6.45) is 0. The first-order valence-corrected chi connectivity index (χ1v) is 22.6. The van der Waals surface area contributed by atoms with E-state index in [1.807, 2.05) is 0 Å². The topological polar surface area (TPSA) is 0 Å². The number of benzene rings is 2. The van der Waals surface area contributed by atoms with Crippen LogP contribution in [0, 0.1) is 13.8 Å².